The van der Waals surface area contributed by atoms with E-state index in [1.165, 1.54) is 25.9 Å². The number of carbonyl (C=O) groups excluding carboxylic acids is 1. The number of pyridine rings is 1. The molecule has 2 aliphatic heterocycles. The van der Waals surface area contributed by atoms with Crippen LogP contribution in [0.15, 0.2) is 54.7 Å². The van der Waals surface area contributed by atoms with Gasteiger partial charge in [-0.2, -0.15) is 0 Å². The van der Waals surface area contributed by atoms with Crippen molar-refractivity contribution in [3.8, 4) is 16.9 Å². The van der Waals surface area contributed by atoms with E-state index in [0.717, 1.165) is 48.1 Å². The number of likely N-dealkylation sites (tertiary alicyclic amines) is 2. The van der Waals surface area contributed by atoms with E-state index in [9.17, 15) is 4.79 Å². The summed E-state index contributed by atoms with van der Waals surface area (Å²) in [6, 6.07) is 15.7. The zero-order chi connectivity index (χ0) is 26.1. The Bertz CT molecular complexity index is 1440. The molecule has 0 bridgehead atoms. The average molecular weight is 531 g/mol. The number of ether oxygens (including phenoxy) is 1. The lowest BCUT2D eigenvalue weighted by molar-refractivity contribution is 0.0644. The minimum Gasteiger partial charge on any atom is -0.482 e. The van der Waals surface area contributed by atoms with Gasteiger partial charge in [0.2, 0.25) is 0 Å². The number of rotatable bonds is 6. The van der Waals surface area contributed by atoms with Crippen LogP contribution in [0.1, 0.15) is 41.9 Å². The molecule has 0 unspecified atom stereocenters. The second-order valence-corrected chi connectivity index (χ2v) is 10.5. The van der Waals surface area contributed by atoms with Crippen LogP contribution >= 0.6 is 11.6 Å². The van der Waals surface area contributed by atoms with Crippen LogP contribution in [0, 0.1) is 0 Å². The molecule has 0 radical (unpaired) electrons. The molecule has 2 aromatic carbocycles. The van der Waals surface area contributed by atoms with Crippen LogP contribution in [0.25, 0.3) is 22.2 Å². The fourth-order valence-electron chi connectivity index (χ4n) is 5.51. The van der Waals surface area contributed by atoms with Gasteiger partial charge in [0.1, 0.15) is 12.4 Å². The predicted molar refractivity (Wildman–Crippen MR) is 149 cm³/mol. The molecule has 0 atom stereocenters. The molecule has 4 heterocycles. The zero-order valence-corrected chi connectivity index (χ0v) is 22.0. The standard InChI is InChI=1S/C29H31ClN6O2/c30-22-7-8-24-25(16-22)34-27(33-24)18-38-26-15-21(17-32-28(26)31)19-3-5-20(6-4-19)29(37)36-13-9-23(10-14-36)35-11-1-2-12-35/h3-8,15-17,23H,1-2,9-14,18H2,(H2,31,32)(H,33,34). The number of fused-ring (bicyclic) bond motifs is 1. The monoisotopic (exact) mass is 530 g/mol. The summed E-state index contributed by atoms with van der Waals surface area (Å²) in [5.41, 5.74) is 10.3. The van der Waals surface area contributed by atoms with Gasteiger partial charge < -0.3 is 25.3 Å². The van der Waals surface area contributed by atoms with E-state index in [1.54, 1.807) is 12.3 Å². The van der Waals surface area contributed by atoms with Crippen LogP contribution < -0.4 is 10.5 Å². The van der Waals surface area contributed by atoms with Crippen LogP contribution in [-0.2, 0) is 6.61 Å². The van der Waals surface area contributed by atoms with Crippen molar-refractivity contribution in [2.45, 2.75) is 38.3 Å². The molecule has 6 rings (SSSR count). The van der Waals surface area contributed by atoms with E-state index >= 15 is 0 Å². The number of imidazole rings is 1. The SMILES string of the molecule is Nc1ncc(-c2ccc(C(=O)N3CCC(N4CCCC4)CC3)cc2)cc1OCc1nc2ccc(Cl)cc2[nH]1. The van der Waals surface area contributed by atoms with Gasteiger partial charge in [0.05, 0.1) is 11.0 Å². The number of carbonyl (C=O) groups is 1. The molecule has 8 nitrogen and oxygen atoms in total. The van der Waals surface area contributed by atoms with E-state index in [-0.39, 0.29) is 12.5 Å². The molecule has 9 heteroatoms. The fourth-order valence-corrected chi connectivity index (χ4v) is 5.68. The normalized spacial score (nSPS) is 16.8. The Hall–Kier alpha value is -3.62. The van der Waals surface area contributed by atoms with Crippen LogP contribution in [-0.4, -0.2) is 62.9 Å². The molecule has 0 spiro atoms. The van der Waals surface area contributed by atoms with Gasteiger partial charge in [-0.05, 0) is 80.7 Å². The Labute approximate surface area is 226 Å². The van der Waals surface area contributed by atoms with Crippen LogP contribution in [0.5, 0.6) is 5.75 Å². The molecule has 2 aliphatic rings. The topological polar surface area (TPSA) is 100 Å². The first-order valence-corrected chi connectivity index (χ1v) is 13.6. The molecule has 1 amide bonds. The minimum absolute atomic E-state index is 0.1000. The Morgan fingerprint density at radius 1 is 1.03 bits per heavy atom. The lowest BCUT2D eigenvalue weighted by atomic mass is 10.0. The van der Waals surface area contributed by atoms with Crippen molar-refractivity contribution in [3.05, 3.63) is 71.1 Å². The number of amides is 1. The van der Waals surface area contributed by atoms with E-state index in [4.69, 9.17) is 22.1 Å². The largest absolute Gasteiger partial charge is 0.482 e. The molecule has 0 aliphatic carbocycles. The number of hydrogen-bond donors (Lipinski definition) is 2. The van der Waals surface area contributed by atoms with Crippen molar-refractivity contribution < 1.29 is 9.53 Å². The molecule has 38 heavy (non-hydrogen) atoms. The number of nitrogens with two attached hydrogens (primary N) is 1. The average Bonchev–Trinajstić information content (AvgIpc) is 3.62. The van der Waals surface area contributed by atoms with Crippen LogP contribution in [0.4, 0.5) is 5.82 Å². The van der Waals surface area contributed by atoms with Gasteiger partial charge in [0.15, 0.2) is 11.6 Å². The fraction of sp³-hybridized carbons (Fsp3) is 0.345. The highest BCUT2D eigenvalue weighted by molar-refractivity contribution is 6.31. The van der Waals surface area contributed by atoms with Gasteiger partial charge >= 0.3 is 0 Å². The molecule has 4 aromatic rings. The van der Waals surface area contributed by atoms with Gasteiger partial charge in [0, 0.05) is 41.5 Å². The van der Waals surface area contributed by atoms with Crippen molar-refractivity contribution in [2.75, 3.05) is 31.9 Å². The summed E-state index contributed by atoms with van der Waals surface area (Å²) in [6.45, 7) is 4.28. The summed E-state index contributed by atoms with van der Waals surface area (Å²) in [4.78, 5) is 29.8. The lowest BCUT2D eigenvalue weighted by Gasteiger charge is -2.36. The smallest absolute Gasteiger partial charge is 0.253 e. The summed E-state index contributed by atoms with van der Waals surface area (Å²) in [6.07, 6.45) is 6.45. The minimum atomic E-state index is 0.1000. The first-order valence-electron chi connectivity index (χ1n) is 13.2. The first-order chi connectivity index (χ1) is 18.5. The van der Waals surface area contributed by atoms with Crippen LogP contribution in [0.2, 0.25) is 5.02 Å². The number of nitrogens with one attached hydrogen (secondary N) is 1. The molecular weight excluding hydrogens is 500 g/mol. The Morgan fingerprint density at radius 2 is 1.79 bits per heavy atom. The Kier molecular flexibility index (Phi) is 6.91. The summed E-state index contributed by atoms with van der Waals surface area (Å²) in [5.74, 6) is 1.54. The van der Waals surface area contributed by atoms with E-state index in [2.05, 4.69) is 19.9 Å². The Morgan fingerprint density at radius 3 is 2.55 bits per heavy atom. The van der Waals surface area contributed by atoms with Gasteiger partial charge in [-0.3, -0.25) is 4.79 Å². The molecule has 2 fully saturated rings. The Balaban J connectivity index is 1.10. The van der Waals surface area contributed by atoms with Gasteiger partial charge in [-0.15, -0.1) is 0 Å². The van der Waals surface area contributed by atoms with Crippen molar-refractivity contribution in [1.29, 1.82) is 0 Å². The number of aromatic nitrogens is 3. The summed E-state index contributed by atoms with van der Waals surface area (Å²) < 4.78 is 5.95. The van der Waals surface area contributed by atoms with Crippen molar-refractivity contribution in [1.82, 2.24) is 24.8 Å². The summed E-state index contributed by atoms with van der Waals surface area (Å²) >= 11 is 6.06. The second-order valence-electron chi connectivity index (χ2n) is 10.1. The molecule has 3 N–H and O–H groups in total. The third-order valence-electron chi connectivity index (χ3n) is 7.61. The van der Waals surface area contributed by atoms with Crippen LogP contribution in [0.3, 0.4) is 0 Å². The van der Waals surface area contributed by atoms with E-state index < -0.39 is 0 Å². The number of piperidine rings is 1. The number of halogens is 1. The number of aromatic amines is 1. The van der Waals surface area contributed by atoms with Crippen molar-refractivity contribution in [2.24, 2.45) is 0 Å². The molecule has 0 saturated carbocycles. The maximum Gasteiger partial charge on any atom is 0.253 e. The third-order valence-corrected chi connectivity index (χ3v) is 7.85. The molecular formula is C29H31ClN6O2. The van der Waals surface area contributed by atoms with Gasteiger partial charge in [-0.25, -0.2) is 9.97 Å². The van der Waals surface area contributed by atoms with Gasteiger partial charge in [-0.1, -0.05) is 23.7 Å². The lowest BCUT2D eigenvalue weighted by Crippen LogP contribution is -2.45. The number of anilines is 1. The highest BCUT2D eigenvalue weighted by atomic mass is 35.5. The zero-order valence-electron chi connectivity index (χ0n) is 21.2. The van der Waals surface area contributed by atoms with Crippen molar-refractivity contribution >= 4 is 34.4 Å². The quantitative estimate of drug-likeness (QED) is 0.358. The molecule has 2 aromatic heterocycles. The maximum atomic E-state index is 13.1. The number of nitrogen functional groups attached to an aromatic ring is 1. The number of nitrogens with zero attached hydrogens (tertiary/aromatic N) is 4. The van der Waals surface area contributed by atoms with E-state index in [1.807, 2.05) is 47.4 Å². The van der Waals surface area contributed by atoms with Gasteiger partial charge in [0.25, 0.3) is 5.91 Å². The number of hydrogen-bond acceptors (Lipinski definition) is 6. The number of H-pyrrole nitrogens is 1. The number of benzene rings is 2. The second kappa shape index (κ2) is 10.6. The highest BCUT2D eigenvalue weighted by Crippen LogP contribution is 2.29. The summed E-state index contributed by atoms with van der Waals surface area (Å²) in [5, 5.41) is 0.643. The third kappa shape index (κ3) is 5.19. The van der Waals surface area contributed by atoms with Crippen molar-refractivity contribution in [3.63, 3.8) is 0 Å². The first kappa shape index (κ1) is 24.7. The predicted octanol–water partition coefficient (Wildman–Crippen LogP) is 5.14. The van der Waals surface area contributed by atoms with E-state index in [0.29, 0.717) is 34.0 Å². The highest BCUT2D eigenvalue weighted by Gasteiger charge is 2.28. The summed E-state index contributed by atoms with van der Waals surface area (Å²) in [7, 11) is 0. The molecule has 2 saturated heterocycles. The molecule has 196 valence electrons. The maximum absolute atomic E-state index is 13.1.